The Morgan fingerprint density at radius 3 is 2.67 bits per heavy atom. The highest BCUT2D eigenvalue weighted by Crippen LogP contribution is 2.24. The van der Waals surface area contributed by atoms with Crippen LogP contribution in [0.3, 0.4) is 0 Å². The minimum absolute atomic E-state index is 0.0285. The number of rotatable bonds is 6. The van der Waals surface area contributed by atoms with E-state index < -0.39 is 0 Å². The molecule has 0 aromatic rings. The van der Waals surface area contributed by atoms with Crippen LogP contribution in [-0.4, -0.2) is 32.3 Å². The molecular formula is C14H28N2O2. The van der Waals surface area contributed by atoms with Gasteiger partial charge in [0.2, 0.25) is 0 Å². The predicted octanol–water partition coefficient (Wildman–Crippen LogP) is 2.54. The molecule has 0 saturated heterocycles. The molecule has 1 rings (SSSR count). The van der Waals surface area contributed by atoms with E-state index in [0.717, 1.165) is 19.4 Å². The normalized spacial score (nSPS) is 24.0. The van der Waals surface area contributed by atoms with Crippen molar-refractivity contribution in [3.05, 3.63) is 0 Å². The van der Waals surface area contributed by atoms with Crippen molar-refractivity contribution in [3.63, 3.8) is 0 Å². The summed E-state index contributed by atoms with van der Waals surface area (Å²) in [7, 11) is 1.71. The van der Waals surface area contributed by atoms with Gasteiger partial charge in [0.05, 0.1) is 0 Å². The number of hydrogen-bond acceptors (Lipinski definition) is 2. The van der Waals surface area contributed by atoms with Crippen LogP contribution in [0, 0.1) is 11.3 Å². The Morgan fingerprint density at radius 2 is 2.11 bits per heavy atom. The van der Waals surface area contributed by atoms with Gasteiger partial charge in [-0.1, -0.05) is 27.2 Å². The van der Waals surface area contributed by atoms with Crippen molar-refractivity contribution in [1.82, 2.24) is 10.6 Å². The second kappa shape index (κ2) is 6.98. The third kappa shape index (κ3) is 5.25. The van der Waals surface area contributed by atoms with Gasteiger partial charge in [-0.15, -0.1) is 0 Å². The van der Waals surface area contributed by atoms with Crippen LogP contribution >= 0.6 is 0 Å². The fourth-order valence-corrected chi connectivity index (χ4v) is 2.37. The fraction of sp³-hybridized carbons (Fsp3) is 0.929. The minimum Gasteiger partial charge on any atom is -0.385 e. The van der Waals surface area contributed by atoms with E-state index in [4.69, 9.17) is 4.74 Å². The van der Waals surface area contributed by atoms with Crippen molar-refractivity contribution in [2.45, 2.75) is 52.5 Å². The minimum atomic E-state index is -0.0285. The molecule has 1 aliphatic carbocycles. The van der Waals surface area contributed by atoms with Crippen LogP contribution in [-0.2, 0) is 4.74 Å². The van der Waals surface area contributed by atoms with Crippen LogP contribution in [0.2, 0.25) is 0 Å². The van der Waals surface area contributed by atoms with Crippen molar-refractivity contribution in [2.75, 3.05) is 20.3 Å². The average molecular weight is 256 g/mol. The van der Waals surface area contributed by atoms with Crippen molar-refractivity contribution >= 4 is 6.03 Å². The first-order valence-electron chi connectivity index (χ1n) is 6.98. The SMILES string of the molecule is COCCC(C)(C)CNC(=O)NC1CCCC1C. The van der Waals surface area contributed by atoms with Crippen molar-refractivity contribution in [2.24, 2.45) is 11.3 Å². The zero-order chi connectivity index (χ0) is 13.6. The number of ether oxygens (including phenoxy) is 1. The van der Waals surface area contributed by atoms with Gasteiger partial charge < -0.3 is 15.4 Å². The molecule has 18 heavy (non-hydrogen) atoms. The zero-order valence-electron chi connectivity index (χ0n) is 12.2. The first kappa shape index (κ1) is 15.3. The van der Waals surface area contributed by atoms with E-state index in [1.54, 1.807) is 7.11 Å². The molecular weight excluding hydrogens is 228 g/mol. The lowest BCUT2D eigenvalue weighted by atomic mass is 9.90. The second-order valence-corrected chi connectivity index (χ2v) is 6.25. The number of carbonyl (C=O) groups is 1. The van der Waals surface area contributed by atoms with Gasteiger partial charge in [-0.3, -0.25) is 0 Å². The summed E-state index contributed by atoms with van der Waals surface area (Å²) in [5.74, 6) is 0.609. The first-order chi connectivity index (χ1) is 8.44. The Morgan fingerprint density at radius 1 is 1.39 bits per heavy atom. The zero-order valence-corrected chi connectivity index (χ0v) is 12.2. The molecule has 1 saturated carbocycles. The average Bonchev–Trinajstić information content (AvgIpc) is 2.70. The van der Waals surface area contributed by atoms with Crippen LogP contribution in [0.25, 0.3) is 0 Å². The van der Waals surface area contributed by atoms with Crippen LogP contribution in [0.5, 0.6) is 0 Å². The maximum absolute atomic E-state index is 11.8. The standard InChI is InChI=1S/C14H28N2O2/c1-11-6-5-7-12(11)16-13(17)15-10-14(2,3)8-9-18-4/h11-12H,5-10H2,1-4H3,(H2,15,16,17). The van der Waals surface area contributed by atoms with Crippen molar-refractivity contribution in [3.8, 4) is 0 Å². The summed E-state index contributed by atoms with van der Waals surface area (Å²) in [5.41, 5.74) is 0.0780. The Hall–Kier alpha value is -0.770. The molecule has 0 spiro atoms. The van der Waals surface area contributed by atoms with E-state index in [2.05, 4.69) is 31.4 Å². The predicted molar refractivity (Wildman–Crippen MR) is 73.6 cm³/mol. The molecule has 2 atom stereocenters. The Labute approximate surface area is 111 Å². The molecule has 0 aromatic heterocycles. The lowest BCUT2D eigenvalue weighted by Gasteiger charge is -2.25. The summed E-state index contributed by atoms with van der Waals surface area (Å²) in [6, 6.07) is 0.325. The molecule has 0 aromatic carbocycles. The smallest absolute Gasteiger partial charge is 0.315 e. The lowest BCUT2D eigenvalue weighted by Crippen LogP contribution is -2.46. The van der Waals surface area contributed by atoms with E-state index in [1.165, 1.54) is 12.8 Å². The lowest BCUT2D eigenvalue weighted by molar-refractivity contribution is 0.150. The molecule has 1 fully saturated rings. The third-order valence-corrected chi connectivity index (χ3v) is 3.89. The van der Waals surface area contributed by atoms with Gasteiger partial charge in [-0.05, 0) is 30.6 Å². The largest absolute Gasteiger partial charge is 0.385 e. The highest BCUT2D eigenvalue weighted by molar-refractivity contribution is 5.74. The number of methoxy groups -OCH3 is 1. The molecule has 2 amide bonds. The van der Waals surface area contributed by atoms with Crippen LogP contribution in [0.4, 0.5) is 4.79 Å². The van der Waals surface area contributed by atoms with Crippen molar-refractivity contribution in [1.29, 1.82) is 0 Å². The van der Waals surface area contributed by atoms with Crippen LogP contribution in [0.1, 0.15) is 46.5 Å². The summed E-state index contributed by atoms with van der Waals surface area (Å²) in [6.45, 7) is 7.91. The van der Waals surface area contributed by atoms with Crippen LogP contribution in [0.15, 0.2) is 0 Å². The number of urea groups is 1. The number of carbonyl (C=O) groups excluding carboxylic acids is 1. The molecule has 0 heterocycles. The van der Waals surface area contributed by atoms with Gasteiger partial charge in [0, 0.05) is 26.3 Å². The highest BCUT2D eigenvalue weighted by atomic mass is 16.5. The third-order valence-electron chi connectivity index (χ3n) is 3.89. The van der Waals surface area contributed by atoms with Gasteiger partial charge in [-0.2, -0.15) is 0 Å². The quantitative estimate of drug-likeness (QED) is 0.767. The Bertz CT molecular complexity index is 267. The molecule has 2 N–H and O–H groups in total. The monoisotopic (exact) mass is 256 g/mol. The molecule has 0 aliphatic heterocycles. The summed E-state index contributed by atoms with van der Waals surface area (Å²) in [4.78, 5) is 11.8. The summed E-state index contributed by atoms with van der Waals surface area (Å²) < 4.78 is 5.08. The summed E-state index contributed by atoms with van der Waals surface area (Å²) in [5, 5.41) is 6.05. The highest BCUT2D eigenvalue weighted by Gasteiger charge is 2.25. The molecule has 2 unspecified atom stereocenters. The molecule has 0 radical (unpaired) electrons. The summed E-state index contributed by atoms with van der Waals surface area (Å²) in [6.07, 6.45) is 4.51. The topological polar surface area (TPSA) is 50.4 Å². The number of nitrogens with one attached hydrogen (secondary N) is 2. The number of amides is 2. The maximum atomic E-state index is 11.8. The van der Waals surface area contributed by atoms with Gasteiger partial charge in [0.1, 0.15) is 0 Å². The molecule has 106 valence electrons. The van der Waals surface area contributed by atoms with Crippen LogP contribution < -0.4 is 10.6 Å². The van der Waals surface area contributed by atoms with E-state index >= 15 is 0 Å². The van der Waals surface area contributed by atoms with E-state index in [9.17, 15) is 4.79 Å². The first-order valence-corrected chi connectivity index (χ1v) is 6.98. The Balaban J connectivity index is 2.23. The number of hydrogen-bond donors (Lipinski definition) is 2. The summed E-state index contributed by atoms with van der Waals surface area (Å²) >= 11 is 0. The maximum Gasteiger partial charge on any atom is 0.315 e. The van der Waals surface area contributed by atoms with Gasteiger partial charge in [-0.25, -0.2) is 4.79 Å². The Kier molecular flexibility index (Phi) is 5.93. The van der Waals surface area contributed by atoms with E-state index in [-0.39, 0.29) is 11.4 Å². The van der Waals surface area contributed by atoms with Crippen molar-refractivity contribution < 1.29 is 9.53 Å². The van der Waals surface area contributed by atoms with E-state index in [1.807, 2.05) is 0 Å². The molecule has 0 bridgehead atoms. The molecule has 1 aliphatic rings. The second-order valence-electron chi connectivity index (χ2n) is 6.25. The van der Waals surface area contributed by atoms with Gasteiger partial charge in [0.15, 0.2) is 0 Å². The van der Waals surface area contributed by atoms with Gasteiger partial charge in [0.25, 0.3) is 0 Å². The molecule has 4 heteroatoms. The van der Waals surface area contributed by atoms with Gasteiger partial charge >= 0.3 is 6.03 Å². The fourth-order valence-electron chi connectivity index (χ4n) is 2.37. The molecule has 4 nitrogen and oxygen atoms in total. The van der Waals surface area contributed by atoms with E-state index in [0.29, 0.717) is 18.5 Å².